The van der Waals surface area contributed by atoms with E-state index < -0.39 is 7.60 Å². The Morgan fingerprint density at radius 2 is 1.88 bits per heavy atom. The molecule has 0 aliphatic carbocycles. The van der Waals surface area contributed by atoms with Crippen LogP contribution in [0.3, 0.4) is 0 Å². The van der Waals surface area contributed by atoms with Crippen molar-refractivity contribution in [3.05, 3.63) is 29.8 Å². The molecule has 0 bridgehead atoms. The molecule has 0 N–H and O–H groups in total. The molecule has 0 amide bonds. The second-order valence-electron chi connectivity index (χ2n) is 3.53. The van der Waals surface area contributed by atoms with Crippen LogP contribution in [-0.4, -0.2) is 19.1 Å². The highest BCUT2D eigenvalue weighted by molar-refractivity contribution is 7.54. The molecule has 0 heterocycles. The van der Waals surface area contributed by atoms with Crippen LogP contribution in [0.4, 0.5) is 0 Å². The van der Waals surface area contributed by atoms with Crippen molar-refractivity contribution in [1.29, 1.82) is 0 Å². The summed E-state index contributed by atoms with van der Waals surface area (Å²) in [6.45, 7) is 4.05. The van der Waals surface area contributed by atoms with E-state index in [9.17, 15) is 9.36 Å². The summed E-state index contributed by atoms with van der Waals surface area (Å²) in [7, 11) is -3.05. The lowest BCUT2D eigenvalue weighted by Gasteiger charge is -2.17. The molecular formula is C12H17O4P. The van der Waals surface area contributed by atoms with Gasteiger partial charge < -0.3 is 9.05 Å². The third-order valence-electron chi connectivity index (χ3n) is 2.08. The molecule has 0 saturated heterocycles. The zero-order valence-corrected chi connectivity index (χ0v) is 11.0. The molecule has 1 aromatic rings. The molecule has 0 radical (unpaired) electrons. The van der Waals surface area contributed by atoms with Crippen LogP contribution in [0.2, 0.25) is 0 Å². The predicted molar refractivity (Wildman–Crippen MR) is 66.8 cm³/mol. The minimum atomic E-state index is -3.05. The van der Waals surface area contributed by atoms with Crippen LogP contribution in [0.15, 0.2) is 24.3 Å². The van der Waals surface area contributed by atoms with Crippen molar-refractivity contribution in [1.82, 2.24) is 0 Å². The highest BCUT2D eigenvalue weighted by Crippen LogP contribution is 2.48. The number of benzene rings is 1. The van der Waals surface area contributed by atoms with E-state index >= 15 is 0 Å². The smallest absolute Gasteiger partial charge is 0.379 e. The Kier molecular flexibility index (Phi) is 5.39. The molecule has 0 aromatic heterocycles. The SMILES string of the molecule is CCCP(=O)(OCC)Oc1ccc(C=O)cc1. The van der Waals surface area contributed by atoms with Gasteiger partial charge in [0.25, 0.3) is 0 Å². The van der Waals surface area contributed by atoms with Crippen LogP contribution in [0, 0.1) is 0 Å². The number of aldehydes is 1. The molecule has 1 unspecified atom stereocenters. The maximum Gasteiger partial charge on any atom is 0.379 e. The van der Waals surface area contributed by atoms with Gasteiger partial charge in [0.1, 0.15) is 12.0 Å². The van der Waals surface area contributed by atoms with Gasteiger partial charge >= 0.3 is 7.60 Å². The minimum Gasteiger partial charge on any atom is -0.424 e. The van der Waals surface area contributed by atoms with E-state index in [1.807, 2.05) is 6.92 Å². The summed E-state index contributed by atoms with van der Waals surface area (Å²) >= 11 is 0. The van der Waals surface area contributed by atoms with Gasteiger partial charge in [0.05, 0.1) is 12.8 Å². The zero-order valence-electron chi connectivity index (χ0n) is 10.1. The van der Waals surface area contributed by atoms with E-state index in [0.29, 0.717) is 24.1 Å². The number of rotatable bonds is 7. The summed E-state index contributed by atoms with van der Waals surface area (Å²) in [5.74, 6) is 0.459. The van der Waals surface area contributed by atoms with Gasteiger partial charge in [-0.2, -0.15) is 0 Å². The van der Waals surface area contributed by atoms with Crippen LogP contribution < -0.4 is 4.52 Å². The van der Waals surface area contributed by atoms with Gasteiger partial charge in [0.15, 0.2) is 0 Å². The lowest BCUT2D eigenvalue weighted by molar-refractivity contribution is 0.112. The first-order valence-electron chi connectivity index (χ1n) is 5.62. The summed E-state index contributed by atoms with van der Waals surface area (Å²) in [5, 5.41) is 0. The molecular weight excluding hydrogens is 239 g/mol. The molecule has 4 nitrogen and oxygen atoms in total. The quantitative estimate of drug-likeness (QED) is 0.553. The Labute approximate surface area is 101 Å². The van der Waals surface area contributed by atoms with Crippen molar-refractivity contribution in [3.8, 4) is 5.75 Å². The molecule has 5 heteroatoms. The Morgan fingerprint density at radius 1 is 1.24 bits per heavy atom. The van der Waals surface area contributed by atoms with Crippen LogP contribution in [0.5, 0.6) is 5.75 Å². The standard InChI is InChI=1S/C12H17O4P/c1-3-9-17(14,15-4-2)16-12-7-5-11(10-13)6-8-12/h5-8,10H,3-4,9H2,1-2H3. The molecule has 0 saturated carbocycles. The topological polar surface area (TPSA) is 52.6 Å². The third-order valence-corrected chi connectivity index (χ3v) is 4.22. The first-order valence-corrected chi connectivity index (χ1v) is 7.34. The van der Waals surface area contributed by atoms with E-state index in [4.69, 9.17) is 9.05 Å². The lowest BCUT2D eigenvalue weighted by Crippen LogP contribution is -2.02. The summed E-state index contributed by atoms with van der Waals surface area (Å²) < 4.78 is 22.8. The first-order chi connectivity index (χ1) is 8.13. The Balaban J connectivity index is 2.78. The van der Waals surface area contributed by atoms with Crippen LogP contribution in [0.25, 0.3) is 0 Å². The van der Waals surface area contributed by atoms with Crippen LogP contribution in [0.1, 0.15) is 30.6 Å². The summed E-state index contributed by atoms with van der Waals surface area (Å²) in [5.41, 5.74) is 0.555. The largest absolute Gasteiger partial charge is 0.424 e. The van der Waals surface area contributed by atoms with E-state index in [-0.39, 0.29) is 0 Å². The van der Waals surface area contributed by atoms with Crippen molar-refractivity contribution in [2.45, 2.75) is 20.3 Å². The van der Waals surface area contributed by atoms with Gasteiger partial charge in [0, 0.05) is 5.56 Å². The van der Waals surface area contributed by atoms with Crippen molar-refractivity contribution in [2.75, 3.05) is 12.8 Å². The minimum absolute atomic E-state index is 0.351. The summed E-state index contributed by atoms with van der Waals surface area (Å²) in [6, 6.07) is 6.46. The van der Waals surface area contributed by atoms with E-state index in [2.05, 4.69) is 0 Å². The molecule has 0 spiro atoms. The highest BCUT2D eigenvalue weighted by atomic mass is 31.2. The number of carbonyl (C=O) groups excluding carboxylic acids is 1. The van der Waals surface area contributed by atoms with Crippen LogP contribution in [-0.2, 0) is 9.09 Å². The molecule has 1 atom stereocenters. The fraction of sp³-hybridized carbons (Fsp3) is 0.417. The molecule has 1 rings (SSSR count). The summed E-state index contributed by atoms with van der Waals surface area (Å²) in [6.07, 6.45) is 1.86. The molecule has 1 aromatic carbocycles. The summed E-state index contributed by atoms with van der Waals surface area (Å²) in [4.78, 5) is 10.5. The van der Waals surface area contributed by atoms with Crippen molar-refractivity contribution in [3.63, 3.8) is 0 Å². The van der Waals surface area contributed by atoms with Crippen molar-refractivity contribution in [2.24, 2.45) is 0 Å². The monoisotopic (exact) mass is 256 g/mol. The normalized spacial score (nSPS) is 14.0. The van der Waals surface area contributed by atoms with Crippen molar-refractivity contribution < 1.29 is 18.4 Å². The van der Waals surface area contributed by atoms with Gasteiger partial charge in [-0.1, -0.05) is 6.92 Å². The van der Waals surface area contributed by atoms with E-state index in [0.717, 1.165) is 12.7 Å². The van der Waals surface area contributed by atoms with Gasteiger partial charge in [-0.05, 0) is 37.6 Å². The predicted octanol–water partition coefficient (Wildman–Crippen LogP) is 3.52. The van der Waals surface area contributed by atoms with E-state index in [1.165, 1.54) is 0 Å². The first kappa shape index (κ1) is 13.9. The molecule has 17 heavy (non-hydrogen) atoms. The van der Waals surface area contributed by atoms with Gasteiger partial charge in [0.2, 0.25) is 0 Å². The fourth-order valence-electron chi connectivity index (χ4n) is 1.37. The number of hydrogen-bond acceptors (Lipinski definition) is 4. The van der Waals surface area contributed by atoms with Gasteiger partial charge in [-0.15, -0.1) is 0 Å². The molecule has 94 valence electrons. The zero-order chi connectivity index (χ0) is 12.7. The molecule has 0 fully saturated rings. The van der Waals surface area contributed by atoms with Crippen molar-refractivity contribution >= 4 is 13.9 Å². The Morgan fingerprint density at radius 3 is 2.35 bits per heavy atom. The second kappa shape index (κ2) is 6.58. The maximum absolute atomic E-state index is 12.2. The van der Waals surface area contributed by atoms with Gasteiger partial charge in [-0.25, -0.2) is 4.57 Å². The third kappa shape index (κ3) is 4.33. The van der Waals surface area contributed by atoms with Gasteiger partial charge in [-0.3, -0.25) is 4.79 Å². The second-order valence-corrected chi connectivity index (χ2v) is 5.64. The Hall–Kier alpha value is -1.12. The maximum atomic E-state index is 12.2. The average Bonchev–Trinajstić information content (AvgIpc) is 2.30. The molecule has 0 aliphatic rings. The van der Waals surface area contributed by atoms with E-state index in [1.54, 1.807) is 31.2 Å². The lowest BCUT2D eigenvalue weighted by atomic mass is 10.2. The fourth-order valence-corrected chi connectivity index (χ4v) is 3.03. The number of hydrogen-bond donors (Lipinski definition) is 0. The average molecular weight is 256 g/mol. The highest BCUT2D eigenvalue weighted by Gasteiger charge is 2.24. The molecule has 0 aliphatic heterocycles. The Bertz CT molecular complexity index is 389. The number of carbonyl (C=O) groups is 1. The van der Waals surface area contributed by atoms with Crippen LogP contribution >= 0.6 is 7.60 Å².